The second-order valence-corrected chi connectivity index (χ2v) is 7.13. The van der Waals surface area contributed by atoms with Crippen LogP contribution in [0, 0.1) is 5.82 Å². The highest BCUT2D eigenvalue weighted by atomic mass is 19.1. The number of aryl methyl sites for hydroxylation is 1. The number of benzene rings is 1. The number of amides is 1. The number of carbonyl (C=O) groups is 1. The van der Waals surface area contributed by atoms with E-state index in [0.29, 0.717) is 23.6 Å². The van der Waals surface area contributed by atoms with Crippen LogP contribution in [0.15, 0.2) is 24.5 Å². The summed E-state index contributed by atoms with van der Waals surface area (Å²) in [6.45, 7) is 5.66. The first-order chi connectivity index (χ1) is 14.5. The molecule has 0 aliphatic carbocycles. The average molecular weight is 413 g/mol. The first-order valence-corrected chi connectivity index (χ1v) is 9.95. The average Bonchev–Trinajstić information content (AvgIpc) is 3.13. The lowest BCUT2D eigenvalue weighted by molar-refractivity contribution is 0.102. The van der Waals surface area contributed by atoms with E-state index in [0.717, 1.165) is 32.6 Å². The molecule has 9 nitrogen and oxygen atoms in total. The maximum absolute atomic E-state index is 14.3. The molecule has 0 atom stereocenters. The van der Waals surface area contributed by atoms with Crippen LogP contribution in [0.3, 0.4) is 0 Å². The number of nitrogens with one attached hydrogen (secondary N) is 2. The number of hydrogen-bond acceptors (Lipinski definition) is 7. The van der Waals surface area contributed by atoms with Crippen molar-refractivity contribution in [2.45, 2.75) is 13.3 Å². The van der Waals surface area contributed by atoms with Crippen LogP contribution in [0.2, 0.25) is 0 Å². The van der Waals surface area contributed by atoms with Gasteiger partial charge in [-0.3, -0.25) is 9.48 Å². The number of halogens is 1. The number of nitrogens with zero attached hydrogens (tertiary/aromatic N) is 5. The fourth-order valence-corrected chi connectivity index (χ4v) is 3.32. The molecule has 0 bridgehead atoms. The first-order valence-electron chi connectivity index (χ1n) is 9.95. The van der Waals surface area contributed by atoms with Crippen LogP contribution in [0.25, 0.3) is 10.9 Å². The molecule has 1 saturated heterocycles. The van der Waals surface area contributed by atoms with Gasteiger partial charge in [-0.05, 0) is 18.6 Å². The Morgan fingerprint density at radius 3 is 2.90 bits per heavy atom. The molecular formula is C20H24FN7O2. The molecule has 0 saturated carbocycles. The van der Waals surface area contributed by atoms with Gasteiger partial charge < -0.3 is 20.3 Å². The van der Waals surface area contributed by atoms with E-state index in [4.69, 9.17) is 4.74 Å². The van der Waals surface area contributed by atoms with Crippen LogP contribution < -0.4 is 20.3 Å². The van der Waals surface area contributed by atoms with Crippen LogP contribution >= 0.6 is 0 Å². The lowest BCUT2D eigenvalue weighted by Crippen LogP contribution is -2.44. The third kappa shape index (κ3) is 4.18. The molecule has 0 radical (unpaired) electrons. The number of piperazine rings is 1. The van der Waals surface area contributed by atoms with Crippen molar-refractivity contribution in [1.82, 2.24) is 25.1 Å². The maximum atomic E-state index is 14.3. The molecule has 30 heavy (non-hydrogen) atoms. The van der Waals surface area contributed by atoms with Gasteiger partial charge in [0.25, 0.3) is 5.91 Å². The predicted octanol–water partition coefficient (Wildman–Crippen LogP) is 1.95. The van der Waals surface area contributed by atoms with Gasteiger partial charge in [0.1, 0.15) is 11.1 Å². The number of fused-ring (bicyclic) bond motifs is 1. The second kappa shape index (κ2) is 8.62. The van der Waals surface area contributed by atoms with Gasteiger partial charge in [-0.25, -0.2) is 9.37 Å². The lowest BCUT2D eigenvalue weighted by Gasteiger charge is -2.27. The van der Waals surface area contributed by atoms with E-state index >= 15 is 0 Å². The number of anilines is 2. The zero-order valence-corrected chi connectivity index (χ0v) is 17.0. The minimum Gasteiger partial charge on any atom is -0.477 e. The highest BCUT2D eigenvalue weighted by Crippen LogP contribution is 2.24. The van der Waals surface area contributed by atoms with Crippen molar-refractivity contribution in [1.29, 1.82) is 0 Å². The monoisotopic (exact) mass is 413 g/mol. The van der Waals surface area contributed by atoms with Crippen LogP contribution in [0.4, 0.5) is 16.0 Å². The smallest absolute Gasteiger partial charge is 0.262 e. The van der Waals surface area contributed by atoms with Crippen molar-refractivity contribution in [3.05, 3.63) is 35.9 Å². The van der Waals surface area contributed by atoms with Gasteiger partial charge in [0.05, 0.1) is 6.61 Å². The minimum atomic E-state index is -0.504. The molecule has 2 aromatic heterocycles. The molecule has 1 fully saturated rings. The van der Waals surface area contributed by atoms with Gasteiger partial charge in [-0.2, -0.15) is 10.1 Å². The summed E-state index contributed by atoms with van der Waals surface area (Å²) in [6.07, 6.45) is 3.93. The highest BCUT2D eigenvalue weighted by molar-refractivity contribution is 6.06. The quantitative estimate of drug-likeness (QED) is 0.638. The van der Waals surface area contributed by atoms with Crippen molar-refractivity contribution in [3.63, 3.8) is 0 Å². The van der Waals surface area contributed by atoms with Crippen molar-refractivity contribution in [3.8, 4) is 5.88 Å². The summed E-state index contributed by atoms with van der Waals surface area (Å²) < 4.78 is 21.6. The number of hydrogen-bond donors (Lipinski definition) is 2. The van der Waals surface area contributed by atoms with Crippen LogP contribution in [-0.4, -0.2) is 58.4 Å². The van der Waals surface area contributed by atoms with E-state index in [2.05, 4.69) is 25.7 Å². The van der Waals surface area contributed by atoms with E-state index in [9.17, 15) is 9.18 Å². The third-order valence-electron chi connectivity index (χ3n) is 4.76. The topological polar surface area (TPSA) is 97.2 Å². The molecule has 2 N–H and O–H groups in total. The Balaban J connectivity index is 1.60. The van der Waals surface area contributed by atoms with E-state index in [1.54, 1.807) is 19.3 Å². The van der Waals surface area contributed by atoms with Crippen molar-refractivity contribution in [2.24, 2.45) is 7.05 Å². The minimum absolute atomic E-state index is 0.203. The molecule has 1 aliphatic heterocycles. The summed E-state index contributed by atoms with van der Waals surface area (Å²) in [7, 11) is 1.71. The van der Waals surface area contributed by atoms with E-state index in [-0.39, 0.29) is 17.0 Å². The Morgan fingerprint density at radius 1 is 1.33 bits per heavy atom. The Morgan fingerprint density at radius 2 is 2.13 bits per heavy atom. The van der Waals surface area contributed by atoms with Crippen LogP contribution in [-0.2, 0) is 7.05 Å². The van der Waals surface area contributed by atoms with Crippen LogP contribution in [0.5, 0.6) is 5.88 Å². The predicted molar refractivity (Wildman–Crippen MR) is 112 cm³/mol. The number of rotatable bonds is 6. The summed E-state index contributed by atoms with van der Waals surface area (Å²) >= 11 is 0. The zero-order valence-electron chi connectivity index (χ0n) is 17.0. The Kier molecular flexibility index (Phi) is 5.75. The summed E-state index contributed by atoms with van der Waals surface area (Å²) in [5, 5.41) is 10.7. The van der Waals surface area contributed by atoms with E-state index in [1.165, 1.54) is 16.9 Å². The third-order valence-corrected chi connectivity index (χ3v) is 4.76. The fourth-order valence-electron chi connectivity index (χ4n) is 3.32. The Labute approximate surface area is 173 Å². The maximum Gasteiger partial charge on any atom is 0.262 e. The molecule has 4 rings (SSSR count). The van der Waals surface area contributed by atoms with Crippen molar-refractivity contribution in [2.75, 3.05) is 43.0 Å². The van der Waals surface area contributed by atoms with Gasteiger partial charge in [0, 0.05) is 56.7 Å². The van der Waals surface area contributed by atoms with E-state index in [1.807, 2.05) is 11.8 Å². The van der Waals surface area contributed by atoms with Gasteiger partial charge in [-0.15, -0.1) is 0 Å². The zero-order chi connectivity index (χ0) is 21.1. The van der Waals surface area contributed by atoms with Crippen LogP contribution in [0.1, 0.15) is 23.7 Å². The number of aromatic nitrogens is 4. The highest BCUT2D eigenvalue weighted by Gasteiger charge is 2.20. The SMILES string of the molecule is CCCOc1nc(N2CCNCC2)ncc1C(=O)Nc1cc(F)c2nn(C)cc2c1. The van der Waals surface area contributed by atoms with Gasteiger partial charge in [0.2, 0.25) is 11.8 Å². The molecule has 1 aliphatic rings. The molecule has 10 heteroatoms. The molecule has 3 aromatic rings. The van der Waals surface area contributed by atoms with Gasteiger partial charge >= 0.3 is 0 Å². The summed E-state index contributed by atoms with van der Waals surface area (Å²) in [4.78, 5) is 23.8. The summed E-state index contributed by atoms with van der Waals surface area (Å²) in [5.41, 5.74) is 0.783. The Bertz CT molecular complexity index is 1060. The summed E-state index contributed by atoms with van der Waals surface area (Å²) in [6, 6.07) is 2.92. The Hall–Kier alpha value is -3.27. The van der Waals surface area contributed by atoms with Gasteiger partial charge in [0.15, 0.2) is 5.82 Å². The molecular weight excluding hydrogens is 389 g/mol. The fraction of sp³-hybridized carbons (Fsp3) is 0.400. The molecule has 0 spiro atoms. The molecule has 158 valence electrons. The first kappa shape index (κ1) is 20.0. The number of ether oxygens (including phenoxy) is 1. The van der Waals surface area contributed by atoms with Gasteiger partial charge in [-0.1, -0.05) is 6.92 Å². The molecule has 0 unspecified atom stereocenters. The lowest BCUT2D eigenvalue weighted by atomic mass is 10.2. The molecule has 3 heterocycles. The standard InChI is InChI=1S/C20H24FN7O2/c1-3-8-30-19-15(11-23-20(25-19)28-6-4-22-5-7-28)18(29)24-14-9-13-12-27(2)26-17(13)16(21)10-14/h9-12,22H,3-8H2,1-2H3,(H,24,29). The normalized spacial score (nSPS) is 14.2. The van der Waals surface area contributed by atoms with Crippen molar-refractivity contribution < 1.29 is 13.9 Å². The molecule has 1 aromatic carbocycles. The van der Waals surface area contributed by atoms with E-state index < -0.39 is 11.7 Å². The molecule has 1 amide bonds. The number of carbonyl (C=O) groups excluding carboxylic acids is 1. The second-order valence-electron chi connectivity index (χ2n) is 7.13. The van der Waals surface area contributed by atoms with Crippen molar-refractivity contribution >= 4 is 28.4 Å². The largest absolute Gasteiger partial charge is 0.477 e. The summed E-state index contributed by atoms with van der Waals surface area (Å²) in [5.74, 6) is -0.213.